The highest BCUT2D eigenvalue weighted by Crippen LogP contribution is 2.41. The lowest BCUT2D eigenvalue weighted by Gasteiger charge is -2.15. The second kappa shape index (κ2) is 9.24. The highest BCUT2D eigenvalue weighted by Gasteiger charge is 2.19. The van der Waals surface area contributed by atoms with Crippen LogP contribution in [0.5, 0.6) is 0 Å². The number of benzene rings is 6. The zero-order valence-corrected chi connectivity index (χ0v) is 22.3. The second-order valence-electron chi connectivity index (χ2n) is 10.3. The number of hydrogen-bond donors (Lipinski definition) is 0. The van der Waals surface area contributed by atoms with Crippen LogP contribution in [0.2, 0.25) is 0 Å². The van der Waals surface area contributed by atoms with Gasteiger partial charge in [-0.1, -0.05) is 66.7 Å². The fourth-order valence-corrected chi connectivity index (χ4v) is 5.99. The molecule has 2 aromatic heterocycles. The molecule has 0 saturated carbocycles. The summed E-state index contributed by atoms with van der Waals surface area (Å²) >= 11 is 0. The van der Waals surface area contributed by atoms with E-state index < -0.39 is 0 Å². The average Bonchev–Trinajstić information content (AvgIpc) is 3.61. The molecular weight excluding hydrogens is 516 g/mol. The van der Waals surface area contributed by atoms with Gasteiger partial charge < -0.3 is 8.83 Å². The third kappa shape index (κ3) is 3.60. The zero-order valence-electron chi connectivity index (χ0n) is 22.3. The molecule has 0 saturated heterocycles. The fraction of sp³-hybridized carbons (Fsp3) is 0. The maximum atomic E-state index is 10.6. The van der Waals surface area contributed by atoms with Gasteiger partial charge in [0.25, 0.3) is 0 Å². The standard InChI is InChI=1S/C38H20N2O2/c39-21-25-7-1-2-8-27(25)26-17-32(23-13-15-30-28-9-3-5-11-35(28)41-37(30)19-23)34(22-40)33(18-26)24-14-16-31-29-10-4-6-12-36(29)42-38(31)20-24/h1-20H. The quantitative estimate of drug-likeness (QED) is 0.225. The van der Waals surface area contributed by atoms with E-state index in [0.717, 1.165) is 77.3 Å². The zero-order chi connectivity index (χ0) is 28.2. The first kappa shape index (κ1) is 23.8. The van der Waals surface area contributed by atoms with E-state index >= 15 is 0 Å². The Labute approximate surface area is 240 Å². The van der Waals surface area contributed by atoms with Gasteiger partial charge in [0, 0.05) is 32.7 Å². The lowest BCUT2D eigenvalue weighted by Crippen LogP contribution is -1.94. The van der Waals surface area contributed by atoms with Crippen LogP contribution >= 0.6 is 0 Å². The van der Waals surface area contributed by atoms with Gasteiger partial charge in [0.05, 0.1) is 17.2 Å². The lowest BCUT2D eigenvalue weighted by molar-refractivity contribution is 0.668. The van der Waals surface area contributed by atoms with E-state index in [1.54, 1.807) is 0 Å². The number of nitriles is 2. The van der Waals surface area contributed by atoms with Gasteiger partial charge in [0.1, 0.15) is 28.4 Å². The van der Waals surface area contributed by atoms with Gasteiger partial charge >= 0.3 is 0 Å². The van der Waals surface area contributed by atoms with Crippen molar-refractivity contribution in [3.05, 3.63) is 132 Å². The van der Waals surface area contributed by atoms with E-state index in [-0.39, 0.29) is 0 Å². The van der Waals surface area contributed by atoms with Gasteiger partial charge in [-0.25, -0.2) is 0 Å². The molecule has 0 bridgehead atoms. The van der Waals surface area contributed by atoms with Crippen LogP contribution in [0.15, 0.2) is 130 Å². The summed E-state index contributed by atoms with van der Waals surface area (Å²) in [7, 11) is 0. The van der Waals surface area contributed by atoms with Gasteiger partial charge in [0.2, 0.25) is 0 Å². The van der Waals surface area contributed by atoms with Crippen LogP contribution in [0.1, 0.15) is 11.1 Å². The van der Waals surface area contributed by atoms with Gasteiger partial charge in [-0.05, 0) is 76.9 Å². The van der Waals surface area contributed by atoms with Gasteiger partial charge in [-0.15, -0.1) is 0 Å². The SMILES string of the molecule is N#Cc1ccccc1-c1cc(-c2ccc3c(c2)oc2ccccc23)c(C#N)c(-c2ccc3c(c2)oc2ccccc23)c1. The molecule has 8 aromatic rings. The Bertz CT molecular complexity index is 2310. The van der Waals surface area contributed by atoms with Crippen molar-refractivity contribution in [1.82, 2.24) is 0 Å². The summed E-state index contributed by atoms with van der Waals surface area (Å²) in [5, 5.41) is 24.6. The highest BCUT2D eigenvalue weighted by molar-refractivity contribution is 6.07. The van der Waals surface area contributed by atoms with Crippen molar-refractivity contribution in [1.29, 1.82) is 10.5 Å². The van der Waals surface area contributed by atoms with Crippen molar-refractivity contribution >= 4 is 43.9 Å². The normalized spacial score (nSPS) is 11.3. The van der Waals surface area contributed by atoms with Crippen molar-refractivity contribution in [2.45, 2.75) is 0 Å². The summed E-state index contributed by atoms with van der Waals surface area (Å²) in [5.41, 5.74) is 9.18. The minimum Gasteiger partial charge on any atom is -0.456 e. The predicted octanol–water partition coefficient (Wildman–Crippen LogP) is 10.2. The molecule has 42 heavy (non-hydrogen) atoms. The van der Waals surface area contributed by atoms with Crippen LogP contribution in [0.3, 0.4) is 0 Å². The topological polar surface area (TPSA) is 73.9 Å². The Morgan fingerprint density at radius 2 is 0.905 bits per heavy atom. The first-order valence-electron chi connectivity index (χ1n) is 13.6. The molecule has 0 atom stereocenters. The van der Waals surface area contributed by atoms with Crippen LogP contribution in [0.25, 0.3) is 77.3 Å². The number of para-hydroxylation sites is 2. The summed E-state index contributed by atoms with van der Waals surface area (Å²) < 4.78 is 12.4. The lowest BCUT2D eigenvalue weighted by atomic mass is 9.87. The molecule has 0 aliphatic heterocycles. The predicted molar refractivity (Wildman–Crippen MR) is 167 cm³/mol. The molecule has 4 heteroatoms. The van der Waals surface area contributed by atoms with E-state index in [4.69, 9.17) is 8.83 Å². The molecule has 0 amide bonds. The molecule has 0 radical (unpaired) electrons. The first-order chi connectivity index (χ1) is 20.7. The largest absolute Gasteiger partial charge is 0.456 e. The maximum Gasteiger partial charge on any atom is 0.136 e. The first-order valence-corrected chi connectivity index (χ1v) is 13.6. The summed E-state index contributed by atoms with van der Waals surface area (Å²) in [6.07, 6.45) is 0. The third-order valence-corrected chi connectivity index (χ3v) is 7.99. The van der Waals surface area contributed by atoms with Crippen molar-refractivity contribution in [2.24, 2.45) is 0 Å². The summed E-state index contributed by atoms with van der Waals surface area (Å²) in [6.45, 7) is 0. The molecule has 6 aromatic carbocycles. The van der Waals surface area contributed by atoms with Gasteiger partial charge in [-0.3, -0.25) is 0 Å². The minimum absolute atomic E-state index is 0.541. The minimum atomic E-state index is 0.541. The van der Waals surface area contributed by atoms with Crippen LogP contribution in [0.4, 0.5) is 0 Å². The number of furan rings is 2. The number of hydrogen-bond acceptors (Lipinski definition) is 4. The Hall–Kier alpha value is -6.10. The summed E-state index contributed by atoms with van der Waals surface area (Å²) in [5.74, 6) is 0. The smallest absolute Gasteiger partial charge is 0.136 e. The van der Waals surface area contributed by atoms with E-state index in [1.807, 2.05) is 121 Å². The van der Waals surface area contributed by atoms with E-state index in [0.29, 0.717) is 11.1 Å². The van der Waals surface area contributed by atoms with Crippen LogP contribution in [-0.2, 0) is 0 Å². The van der Waals surface area contributed by atoms with Crippen LogP contribution in [0, 0.1) is 22.7 Å². The van der Waals surface area contributed by atoms with Gasteiger partial charge in [-0.2, -0.15) is 10.5 Å². The van der Waals surface area contributed by atoms with Crippen LogP contribution < -0.4 is 0 Å². The second-order valence-corrected chi connectivity index (χ2v) is 10.3. The highest BCUT2D eigenvalue weighted by atomic mass is 16.3. The third-order valence-electron chi connectivity index (χ3n) is 7.99. The molecule has 0 unspecified atom stereocenters. The van der Waals surface area contributed by atoms with Crippen molar-refractivity contribution < 1.29 is 8.83 Å². The van der Waals surface area contributed by atoms with Crippen LogP contribution in [-0.4, -0.2) is 0 Å². The molecule has 2 heterocycles. The number of fused-ring (bicyclic) bond motifs is 6. The molecular formula is C38H20N2O2. The molecule has 0 spiro atoms. The molecule has 0 aliphatic carbocycles. The van der Waals surface area contributed by atoms with Crippen molar-refractivity contribution in [3.63, 3.8) is 0 Å². The Balaban J connectivity index is 1.41. The maximum absolute atomic E-state index is 10.6. The Kier molecular flexibility index (Phi) is 5.22. The molecule has 0 fully saturated rings. The number of nitrogens with zero attached hydrogens (tertiary/aromatic N) is 2. The number of rotatable bonds is 3. The van der Waals surface area contributed by atoms with Gasteiger partial charge in [0.15, 0.2) is 0 Å². The molecule has 194 valence electrons. The Morgan fingerprint density at radius 3 is 1.45 bits per heavy atom. The molecule has 0 N–H and O–H groups in total. The van der Waals surface area contributed by atoms with E-state index in [1.165, 1.54) is 0 Å². The van der Waals surface area contributed by atoms with Crippen molar-refractivity contribution in [2.75, 3.05) is 0 Å². The van der Waals surface area contributed by atoms with Crippen molar-refractivity contribution in [3.8, 4) is 45.5 Å². The molecule has 8 rings (SSSR count). The Morgan fingerprint density at radius 1 is 0.405 bits per heavy atom. The van der Waals surface area contributed by atoms with E-state index in [9.17, 15) is 10.5 Å². The molecule has 0 aliphatic rings. The molecule has 4 nitrogen and oxygen atoms in total. The summed E-state index contributed by atoms with van der Waals surface area (Å²) in [6, 6.07) is 44.5. The summed E-state index contributed by atoms with van der Waals surface area (Å²) in [4.78, 5) is 0. The fourth-order valence-electron chi connectivity index (χ4n) is 5.99. The monoisotopic (exact) mass is 536 g/mol. The average molecular weight is 537 g/mol. The van der Waals surface area contributed by atoms with E-state index in [2.05, 4.69) is 12.1 Å².